The van der Waals surface area contributed by atoms with Crippen LogP contribution in [0.1, 0.15) is 0 Å². The van der Waals surface area contributed by atoms with Crippen LogP contribution in [0.15, 0.2) is 0 Å². The summed E-state index contributed by atoms with van der Waals surface area (Å²) >= 11 is 0. The minimum atomic E-state index is -5.08. The van der Waals surface area contributed by atoms with Gasteiger partial charge in [-0.05, 0) is 0 Å². The maximum Gasteiger partial charge on any atom is 0.490 e. The molecule has 0 amide bonds. The van der Waals surface area contributed by atoms with E-state index in [0.29, 0.717) is 0 Å². The van der Waals surface area contributed by atoms with E-state index < -0.39 is 36.4 Å². The van der Waals surface area contributed by atoms with E-state index in [1.165, 1.54) is 0 Å². The Bertz CT molecular complexity index is 332. The fourth-order valence-corrected chi connectivity index (χ4v) is 0. The zero-order valence-corrected chi connectivity index (χ0v) is 13.9. The molecular weight excluding hydrogens is 468 g/mol. The Kier molecular flexibility index (Phi) is 42.5. The van der Waals surface area contributed by atoms with Gasteiger partial charge in [0.1, 0.15) is 0 Å². The van der Waals surface area contributed by atoms with Crippen molar-refractivity contribution < 1.29 is 86.0 Å². The van der Waals surface area contributed by atoms with Crippen LogP contribution in [0.2, 0.25) is 0 Å². The van der Waals surface area contributed by atoms with Crippen molar-refractivity contribution in [1.82, 2.24) is 30.8 Å². The number of aliphatic carboxylic acids is 3. The quantitative estimate of drug-likeness (QED) is 0.230. The van der Waals surface area contributed by atoms with Gasteiger partial charge in [-0.25, -0.2) is 14.4 Å². The first-order valence-electron chi connectivity index (χ1n) is 3.73. The molecule has 0 heterocycles. The molecule has 0 atom stereocenters. The molecule has 0 aliphatic rings. The third kappa shape index (κ3) is 45.4. The molecule has 0 unspecified atom stereocenters. The van der Waals surface area contributed by atoms with E-state index in [0.717, 1.165) is 0 Å². The summed E-state index contributed by atoms with van der Waals surface area (Å²) < 4.78 is 95.2. The van der Waals surface area contributed by atoms with Crippen molar-refractivity contribution in [2.75, 3.05) is 0 Å². The number of carbonyl (C=O) groups is 3. The molecule has 175 valence electrons. The van der Waals surface area contributed by atoms with Gasteiger partial charge in [0, 0.05) is 16.8 Å². The number of carboxylic acid groups (broad SMARTS) is 3. The first-order chi connectivity index (χ1) is 8.83. The van der Waals surface area contributed by atoms with Crippen LogP contribution in [0, 0.1) is 0 Å². The predicted octanol–water partition coefficient (Wildman–Crippen LogP) is 2.71. The predicted molar refractivity (Wildman–Crippen MR) is 66.2 cm³/mol. The van der Waals surface area contributed by atoms with Crippen LogP contribution in [0.25, 0.3) is 0 Å². The van der Waals surface area contributed by atoms with E-state index in [9.17, 15) is 39.5 Å². The number of halogens is 9. The molecular formula is C6H18CoF9N5O6. The Morgan fingerprint density at radius 3 is 0.481 bits per heavy atom. The molecule has 1 radical (unpaired) electrons. The van der Waals surface area contributed by atoms with Crippen molar-refractivity contribution in [2.24, 2.45) is 0 Å². The van der Waals surface area contributed by atoms with Crippen LogP contribution in [-0.2, 0) is 31.2 Å². The smallest absolute Gasteiger partial charge is 0.475 e. The van der Waals surface area contributed by atoms with Gasteiger partial charge in [-0.15, -0.1) is 0 Å². The van der Waals surface area contributed by atoms with Crippen LogP contribution >= 0.6 is 0 Å². The van der Waals surface area contributed by atoms with Gasteiger partial charge in [-0.2, -0.15) is 39.5 Å². The normalized spacial score (nSPS) is 8.78. The molecule has 0 saturated carbocycles. The zero-order chi connectivity index (χ0) is 18.2. The fourth-order valence-electron chi connectivity index (χ4n) is 0. The van der Waals surface area contributed by atoms with Gasteiger partial charge < -0.3 is 46.1 Å². The molecule has 0 bridgehead atoms. The van der Waals surface area contributed by atoms with Gasteiger partial charge in [0.05, 0.1) is 0 Å². The average Bonchev–Trinajstić information content (AvgIpc) is 2.14. The van der Waals surface area contributed by atoms with Crippen LogP contribution in [0.4, 0.5) is 39.5 Å². The monoisotopic (exact) mass is 486 g/mol. The van der Waals surface area contributed by atoms with Gasteiger partial charge >= 0.3 is 36.4 Å². The van der Waals surface area contributed by atoms with Crippen molar-refractivity contribution in [3.8, 4) is 0 Å². The molecule has 0 aromatic carbocycles. The molecule has 0 aromatic heterocycles. The molecule has 0 aliphatic heterocycles. The number of hydrogen-bond donors (Lipinski definition) is 8. The summed E-state index contributed by atoms with van der Waals surface area (Å²) in [7, 11) is 0. The molecule has 0 aromatic rings. The Morgan fingerprint density at radius 2 is 0.481 bits per heavy atom. The second-order valence-electron chi connectivity index (χ2n) is 2.41. The van der Waals surface area contributed by atoms with Gasteiger partial charge in [0.15, 0.2) is 0 Å². The molecule has 0 aliphatic carbocycles. The summed E-state index contributed by atoms with van der Waals surface area (Å²) in [5, 5.41) is 21.4. The summed E-state index contributed by atoms with van der Waals surface area (Å²) in [4.78, 5) is 26.7. The summed E-state index contributed by atoms with van der Waals surface area (Å²) in [5.41, 5.74) is 0. The number of carboxylic acids is 3. The van der Waals surface area contributed by atoms with E-state index in [2.05, 4.69) is 0 Å². The van der Waals surface area contributed by atoms with E-state index in [4.69, 9.17) is 29.7 Å². The van der Waals surface area contributed by atoms with E-state index in [1.807, 2.05) is 0 Å². The van der Waals surface area contributed by atoms with E-state index in [1.54, 1.807) is 0 Å². The van der Waals surface area contributed by atoms with Gasteiger partial charge in [0.25, 0.3) is 0 Å². The molecule has 0 saturated heterocycles. The molecule has 0 fully saturated rings. The third-order valence-corrected chi connectivity index (χ3v) is 0.728. The van der Waals surface area contributed by atoms with Crippen molar-refractivity contribution in [3.05, 3.63) is 0 Å². The SMILES string of the molecule is N.N.N.N.N.O=C(O)C(F)(F)F.O=C(O)C(F)(F)F.O=C(O)C(F)(F)F.[Co]. The second kappa shape index (κ2) is 20.4. The van der Waals surface area contributed by atoms with Crippen LogP contribution in [0.3, 0.4) is 0 Å². The van der Waals surface area contributed by atoms with Crippen molar-refractivity contribution in [1.29, 1.82) is 0 Å². The molecule has 18 N–H and O–H groups in total. The second-order valence-corrected chi connectivity index (χ2v) is 2.41. The standard InChI is InChI=1S/3C2HF3O2.Co.5H3N/c3*3-2(4,5)1(6)7;;;;;;/h3*(H,6,7);;5*1H3. The van der Waals surface area contributed by atoms with Gasteiger partial charge in [-0.3, -0.25) is 0 Å². The van der Waals surface area contributed by atoms with Gasteiger partial charge in [-0.1, -0.05) is 0 Å². The molecule has 11 nitrogen and oxygen atoms in total. The molecule has 27 heavy (non-hydrogen) atoms. The Hall–Kier alpha value is -1.91. The number of alkyl halides is 9. The van der Waals surface area contributed by atoms with E-state index in [-0.39, 0.29) is 47.5 Å². The molecule has 0 rings (SSSR count). The van der Waals surface area contributed by atoms with Gasteiger partial charge in [0.2, 0.25) is 0 Å². The topological polar surface area (TPSA) is 287 Å². The number of hydrogen-bond acceptors (Lipinski definition) is 8. The van der Waals surface area contributed by atoms with Crippen LogP contribution in [0.5, 0.6) is 0 Å². The first-order valence-corrected chi connectivity index (χ1v) is 3.73. The first kappa shape index (κ1) is 56.2. The summed E-state index contributed by atoms with van der Waals surface area (Å²) in [6.45, 7) is 0. The minimum Gasteiger partial charge on any atom is -0.475 e. The maximum absolute atomic E-state index is 10.6. The Balaban J connectivity index is -0.0000000231. The molecule has 21 heteroatoms. The maximum atomic E-state index is 10.6. The third-order valence-electron chi connectivity index (χ3n) is 0.728. The van der Waals surface area contributed by atoms with Crippen molar-refractivity contribution in [2.45, 2.75) is 18.5 Å². The average molecular weight is 486 g/mol. The largest absolute Gasteiger partial charge is 0.490 e. The van der Waals surface area contributed by atoms with Crippen LogP contribution < -0.4 is 30.8 Å². The van der Waals surface area contributed by atoms with Crippen molar-refractivity contribution >= 4 is 17.9 Å². The molecule has 0 spiro atoms. The zero-order valence-electron chi connectivity index (χ0n) is 12.8. The van der Waals surface area contributed by atoms with Crippen LogP contribution in [-0.4, -0.2) is 51.8 Å². The fraction of sp³-hybridized carbons (Fsp3) is 0.500. The van der Waals surface area contributed by atoms with Crippen molar-refractivity contribution in [3.63, 3.8) is 0 Å². The summed E-state index contributed by atoms with van der Waals surface area (Å²) in [5.74, 6) is -8.27. The minimum absolute atomic E-state index is 0. The summed E-state index contributed by atoms with van der Waals surface area (Å²) in [6.07, 6.45) is -15.3. The summed E-state index contributed by atoms with van der Waals surface area (Å²) in [6, 6.07) is 0. The van der Waals surface area contributed by atoms with E-state index >= 15 is 0 Å². The Labute approximate surface area is 154 Å². The Morgan fingerprint density at radius 1 is 0.444 bits per heavy atom. The number of rotatable bonds is 0.